The van der Waals surface area contributed by atoms with Gasteiger partial charge in [-0.25, -0.2) is 0 Å². The fraction of sp³-hybridized carbons (Fsp3) is 0.696. The van der Waals surface area contributed by atoms with Crippen molar-refractivity contribution in [3.8, 4) is 11.5 Å². The van der Waals surface area contributed by atoms with Crippen LogP contribution in [-0.4, -0.2) is 37.1 Å². The first kappa shape index (κ1) is 17.4. The third-order valence-corrected chi connectivity index (χ3v) is 7.13. The van der Waals surface area contributed by atoms with Crippen molar-refractivity contribution in [2.24, 2.45) is 11.8 Å². The van der Waals surface area contributed by atoms with Gasteiger partial charge in [-0.2, -0.15) is 0 Å². The molecule has 146 valence electrons. The Morgan fingerprint density at radius 1 is 1.00 bits per heavy atom. The number of nitrogens with zero attached hydrogens (tertiary/aromatic N) is 1. The number of piperidine rings is 1. The average molecular weight is 370 g/mol. The number of rotatable bonds is 3. The largest absolute Gasteiger partial charge is 0.493 e. The number of hydrogen-bond acceptors (Lipinski definition) is 3. The summed E-state index contributed by atoms with van der Waals surface area (Å²) in [5.74, 6) is 3.65. The van der Waals surface area contributed by atoms with Gasteiger partial charge in [-0.05, 0) is 44.1 Å². The van der Waals surface area contributed by atoms with Crippen LogP contribution < -0.4 is 9.47 Å². The number of hydrogen-bond donors (Lipinski definition) is 0. The van der Waals surface area contributed by atoms with E-state index in [1.807, 2.05) is 0 Å². The normalized spacial score (nSPS) is 22.9. The molecule has 4 nitrogen and oxygen atoms in total. The zero-order valence-electron chi connectivity index (χ0n) is 16.3. The van der Waals surface area contributed by atoms with Crippen molar-refractivity contribution in [1.29, 1.82) is 0 Å². The Balaban J connectivity index is 1.25. The summed E-state index contributed by atoms with van der Waals surface area (Å²) in [6.07, 6.45) is 11.3. The molecule has 3 heterocycles. The summed E-state index contributed by atoms with van der Waals surface area (Å²) in [5, 5.41) is 0. The van der Waals surface area contributed by atoms with Crippen molar-refractivity contribution >= 4 is 5.91 Å². The quantitative estimate of drug-likeness (QED) is 0.811. The topological polar surface area (TPSA) is 38.8 Å². The van der Waals surface area contributed by atoms with Gasteiger partial charge >= 0.3 is 0 Å². The number of fused-ring (bicyclic) bond motifs is 2. The van der Waals surface area contributed by atoms with E-state index < -0.39 is 0 Å². The van der Waals surface area contributed by atoms with Gasteiger partial charge in [0, 0.05) is 48.5 Å². The van der Waals surface area contributed by atoms with Crippen molar-refractivity contribution < 1.29 is 14.3 Å². The summed E-state index contributed by atoms with van der Waals surface area (Å²) in [7, 11) is 0. The maximum absolute atomic E-state index is 12.8. The highest BCUT2D eigenvalue weighted by Gasteiger charge is 2.32. The van der Waals surface area contributed by atoms with Crippen molar-refractivity contribution in [2.45, 2.75) is 64.2 Å². The van der Waals surface area contributed by atoms with E-state index in [-0.39, 0.29) is 0 Å². The fourth-order valence-corrected chi connectivity index (χ4v) is 5.55. The van der Waals surface area contributed by atoms with E-state index in [4.69, 9.17) is 9.47 Å². The van der Waals surface area contributed by atoms with E-state index in [0.717, 1.165) is 82.7 Å². The predicted octanol–water partition coefficient (Wildman–Crippen LogP) is 3.92. The Kier molecular flexibility index (Phi) is 4.75. The molecule has 1 saturated carbocycles. The van der Waals surface area contributed by atoms with Crippen molar-refractivity contribution in [2.75, 3.05) is 26.3 Å². The summed E-state index contributed by atoms with van der Waals surface area (Å²) in [6, 6.07) is 2.21. The smallest absolute Gasteiger partial charge is 0.225 e. The lowest BCUT2D eigenvalue weighted by atomic mass is 9.84. The Morgan fingerprint density at radius 3 is 2.59 bits per heavy atom. The van der Waals surface area contributed by atoms with Crippen molar-refractivity contribution in [1.82, 2.24) is 4.90 Å². The summed E-state index contributed by atoms with van der Waals surface area (Å²) in [5.41, 5.74) is 4.13. The number of ether oxygens (including phenoxy) is 2. The van der Waals surface area contributed by atoms with Gasteiger partial charge < -0.3 is 14.4 Å². The van der Waals surface area contributed by atoms with Gasteiger partial charge in [-0.15, -0.1) is 0 Å². The molecular formula is C23H31NO3. The molecule has 0 radical (unpaired) electrons. The van der Waals surface area contributed by atoms with Crippen LogP contribution in [0, 0.1) is 11.8 Å². The Hall–Kier alpha value is -1.71. The third-order valence-electron chi connectivity index (χ3n) is 7.13. The molecule has 0 atom stereocenters. The minimum atomic E-state index is 0.307. The van der Waals surface area contributed by atoms with Crippen LogP contribution >= 0.6 is 0 Å². The second-order valence-corrected chi connectivity index (χ2v) is 8.82. The molecule has 1 saturated heterocycles. The standard InChI is InChI=1S/C23H31NO3/c25-23(17-4-2-1-3-5-17)24-10-6-16(7-11-24)14-20-19-9-13-26-21(19)15-18-8-12-27-22(18)20/h15-17H,1-14H2. The lowest BCUT2D eigenvalue weighted by Gasteiger charge is -2.35. The lowest BCUT2D eigenvalue weighted by molar-refractivity contribution is -0.138. The van der Waals surface area contributed by atoms with Crippen molar-refractivity contribution in [3.63, 3.8) is 0 Å². The monoisotopic (exact) mass is 369 g/mol. The molecule has 1 aromatic carbocycles. The van der Waals surface area contributed by atoms with Crippen LogP contribution in [0.4, 0.5) is 0 Å². The minimum absolute atomic E-state index is 0.307. The Bertz CT molecular complexity index is 683. The van der Waals surface area contributed by atoms with Gasteiger partial charge in [0.15, 0.2) is 0 Å². The van der Waals surface area contributed by atoms with Gasteiger partial charge in [0.2, 0.25) is 5.91 Å². The molecule has 2 fully saturated rings. The van der Waals surface area contributed by atoms with Crippen LogP contribution in [0.1, 0.15) is 61.6 Å². The molecule has 4 aliphatic rings. The minimum Gasteiger partial charge on any atom is -0.493 e. The van der Waals surface area contributed by atoms with Crippen LogP contribution in [0.25, 0.3) is 0 Å². The van der Waals surface area contributed by atoms with Crippen LogP contribution in [0.3, 0.4) is 0 Å². The molecule has 1 aliphatic carbocycles. The first-order valence-electron chi connectivity index (χ1n) is 11.0. The molecule has 1 aromatic rings. The van der Waals surface area contributed by atoms with E-state index in [1.165, 1.54) is 36.0 Å². The van der Waals surface area contributed by atoms with Crippen LogP contribution in [0.5, 0.6) is 11.5 Å². The molecule has 5 rings (SSSR count). The molecule has 4 heteroatoms. The molecule has 0 unspecified atom stereocenters. The zero-order chi connectivity index (χ0) is 18.2. The van der Waals surface area contributed by atoms with Gasteiger partial charge in [0.25, 0.3) is 0 Å². The van der Waals surface area contributed by atoms with Gasteiger partial charge in [0.05, 0.1) is 13.2 Å². The van der Waals surface area contributed by atoms with E-state index in [2.05, 4.69) is 11.0 Å². The van der Waals surface area contributed by atoms with E-state index in [9.17, 15) is 4.79 Å². The fourth-order valence-electron chi connectivity index (χ4n) is 5.55. The first-order valence-corrected chi connectivity index (χ1v) is 11.0. The summed E-state index contributed by atoms with van der Waals surface area (Å²) >= 11 is 0. The predicted molar refractivity (Wildman–Crippen MR) is 104 cm³/mol. The van der Waals surface area contributed by atoms with Gasteiger partial charge in [0.1, 0.15) is 11.5 Å². The summed E-state index contributed by atoms with van der Waals surface area (Å²) in [6.45, 7) is 3.49. The van der Waals surface area contributed by atoms with Crippen molar-refractivity contribution in [3.05, 3.63) is 22.8 Å². The molecule has 27 heavy (non-hydrogen) atoms. The number of carbonyl (C=O) groups excluding carboxylic acids is 1. The maximum atomic E-state index is 12.8. The second kappa shape index (κ2) is 7.37. The molecule has 1 amide bonds. The molecular weight excluding hydrogens is 338 g/mol. The third kappa shape index (κ3) is 3.32. The first-order chi connectivity index (χ1) is 13.3. The Morgan fingerprint density at radius 2 is 1.78 bits per heavy atom. The lowest BCUT2D eigenvalue weighted by Crippen LogP contribution is -2.42. The Labute approximate surface area is 162 Å². The van der Waals surface area contributed by atoms with Crippen LogP contribution in [-0.2, 0) is 24.1 Å². The average Bonchev–Trinajstić information content (AvgIpc) is 3.38. The summed E-state index contributed by atoms with van der Waals surface area (Å²) in [4.78, 5) is 15.0. The SMILES string of the molecule is O=C(C1CCCCC1)N1CCC(Cc2c3c(cc4c2OCC4)OCC3)CC1. The van der Waals surface area contributed by atoms with Crippen LogP contribution in [0.15, 0.2) is 6.07 Å². The zero-order valence-corrected chi connectivity index (χ0v) is 16.3. The molecule has 3 aliphatic heterocycles. The highest BCUT2D eigenvalue weighted by Crippen LogP contribution is 2.42. The molecule has 0 aromatic heterocycles. The second-order valence-electron chi connectivity index (χ2n) is 8.82. The van der Waals surface area contributed by atoms with Gasteiger partial charge in [-0.3, -0.25) is 4.79 Å². The number of carbonyl (C=O) groups is 1. The number of amides is 1. The number of benzene rings is 1. The van der Waals surface area contributed by atoms with Gasteiger partial charge in [-0.1, -0.05) is 19.3 Å². The number of likely N-dealkylation sites (tertiary alicyclic amines) is 1. The molecule has 0 bridgehead atoms. The van der Waals surface area contributed by atoms with E-state index in [0.29, 0.717) is 17.7 Å². The van der Waals surface area contributed by atoms with Crippen LogP contribution in [0.2, 0.25) is 0 Å². The highest BCUT2D eigenvalue weighted by molar-refractivity contribution is 5.79. The molecule has 0 N–H and O–H groups in total. The highest BCUT2D eigenvalue weighted by atomic mass is 16.5. The maximum Gasteiger partial charge on any atom is 0.225 e. The molecule has 0 spiro atoms. The van der Waals surface area contributed by atoms with E-state index in [1.54, 1.807) is 0 Å². The summed E-state index contributed by atoms with van der Waals surface area (Å²) < 4.78 is 11.9. The van der Waals surface area contributed by atoms with E-state index >= 15 is 0 Å².